The summed E-state index contributed by atoms with van der Waals surface area (Å²) in [5, 5.41) is 0. The van der Waals surface area contributed by atoms with Crippen molar-refractivity contribution in [2.45, 2.75) is 33.4 Å². The van der Waals surface area contributed by atoms with E-state index in [9.17, 15) is 14.0 Å². The van der Waals surface area contributed by atoms with E-state index >= 15 is 0 Å². The quantitative estimate of drug-likeness (QED) is 0.232. The van der Waals surface area contributed by atoms with Crippen LogP contribution in [0.1, 0.15) is 43.5 Å². The summed E-state index contributed by atoms with van der Waals surface area (Å²) in [6, 6.07) is 16.0. The molecule has 0 N–H and O–H groups in total. The molecule has 1 aliphatic rings. The molecule has 1 aromatic heterocycles. The van der Waals surface area contributed by atoms with Gasteiger partial charge >= 0.3 is 0 Å². The van der Waals surface area contributed by atoms with Crippen LogP contribution >= 0.6 is 11.3 Å². The van der Waals surface area contributed by atoms with E-state index < -0.39 is 6.04 Å². The van der Waals surface area contributed by atoms with Crippen molar-refractivity contribution in [3.05, 3.63) is 114 Å². The Morgan fingerprint density at radius 2 is 1.65 bits per heavy atom. The maximum atomic E-state index is 14.2. The van der Waals surface area contributed by atoms with Crippen LogP contribution in [0.4, 0.5) is 4.39 Å². The first-order valence-electron chi connectivity index (χ1n) is 14.8. The lowest BCUT2D eigenvalue weighted by Gasteiger charge is -2.30. The van der Waals surface area contributed by atoms with Crippen molar-refractivity contribution in [3.63, 3.8) is 0 Å². The lowest BCUT2D eigenvalue weighted by atomic mass is 9.93. The van der Waals surface area contributed by atoms with E-state index in [2.05, 4.69) is 0 Å². The number of likely N-dealkylation sites (N-methyl/N-ethyl adjacent to an activating group) is 1. The Kier molecular flexibility index (Phi) is 9.91. The number of amides is 1. The smallest absolute Gasteiger partial charge is 0.271 e. The van der Waals surface area contributed by atoms with Crippen LogP contribution in [0.25, 0.3) is 6.08 Å². The molecule has 0 saturated heterocycles. The number of ether oxygens (including phenoxy) is 4. The molecule has 1 amide bonds. The van der Waals surface area contributed by atoms with Gasteiger partial charge in [0.15, 0.2) is 16.3 Å². The molecule has 0 unspecified atom stereocenters. The van der Waals surface area contributed by atoms with Crippen LogP contribution in [0.5, 0.6) is 23.0 Å². The van der Waals surface area contributed by atoms with Crippen LogP contribution in [-0.2, 0) is 11.4 Å². The van der Waals surface area contributed by atoms with Gasteiger partial charge < -0.3 is 23.8 Å². The molecular weight excluding hydrogens is 609 g/mol. The average molecular weight is 646 g/mol. The fraction of sp³-hybridized carbons (Fsp3) is 0.286. The first-order chi connectivity index (χ1) is 22.2. The molecule has 46 heavy (non-hydrogen) atoms. The van der Waals surface area contributed by atoms with Gasteiger partial charge in [0.2, 0.25) is 0 Å². The molecule has 0 aliphatic carbocycles. The van der Waals surface area contributed by atoms with E-state index in [0.717, 1.165) is 5.56 Å². The lowest BCUT2D eigenvalue weighted by Crippen LogP contribution is -2.43. The standard InChI is InChI=1S/C35H36FN3O6S/c1-7-38(8-2)34(41)31-21(3)37-35-39(32(31)26-19-25(42-4)14-16-27(26)43-5)33(40)30(46-35)18-23-11-15-28(29(17-23)44-6)45-20-22-9-12-24(36)13-10-22/h9-19,32H,7-8,20H2,1-6H3/b30-18+/t32-/m0/s1. The summed E-state index contributed by atoms with van der Waals surface area (Å²) in [7, 11) is 4.65. The molecule has 9 nitrogen and oxygen atoms in total. The fourth-order valence-electron chi connectivity index (χ4n) is 5.41. The van der Waals surface area contributed by atoms with Crippen molar-refractivity contribution < 1.29 is 28.1 Å². The molecule has 0 spiro atoms. The predicted molar refractivity (Wildman–Crippen MR) is 175 cm³/mol. The Morgan fingerprint density at radius 3 is 2.30 bits per heavy atom. The van der Waals surface area contributed by atoms with Crippen molar-refractivity contribution in [2.24, 2.45) is 4.99 Å². The SMILES string of the molecule is CCN(CC)C(=O)C1=C(C)N=c2s/c(=C/c3ccc(OCc4ccc(F)cc4)c(OC)c3)c(=O)n2[C@H]1c1cc(OC)ccc1OC. The fourth-order valence-corrected chi connectivity index (χ4v) is 6.46. The monoisotopic (exact) mass is 645 g/mol. The Labute approximate surface area is 270 Å². The summed E-state index contributed by atoms with van der Waals surface area (Å²) >= 11 is 1.24. The number of halogens is 1. The third-order valence-electron chi connectivity index (χ3n) is 7.83. The summed E-state index contributed by atoms with van der Waals surface area (Å²) in [6.45, 7) is 6.87. The number of nitrogens with zero attached hydrogens (tertiary/aromatic N) is 3. The molecule has 11 heteroatoms. The predicted octanol–water partition coefficient (Wildman–Crippen LogP) is 4.85. The second kappa shape index (κ2) is 14.0. The van der Waals surface area contributed by atoms with E-state index in [0.29, 0.717) is 67.8 Å². The van der Waals surface area contributed by atoms with Crippen molar-refractivity contribution >= 4 is 23.3 Å². The number of fused-ring (bicyclic) bond motifs is 1. The summed E-state index contributed by atoms with van der Waals surface area (Å²) in [4.78, 5) is 35.1. The number of hydrogen-bond acceptors (Lipinski definition) is 8. The molecule has 4 aromatic rings. The molecule has 2 heterocycles. The first kappa shape index (κ1) is 32.5. The van der Waals surface area contributed by atoms with Gasteiger partial charge in [0.25, 0.3) is 11.5 Å². The van der Waals surface area contributed by atoms with Crippen LogP contribution in [0.3, 0.4) is 0 Å². The van der Waals surface area contributed by atoms with Gasteiger partial charge in [-0.15, -0.1) is 0 Å². The number of carbonyl (C=O) groups is 1. The number of aromatic nitrogens is 1. The van der Waals surface area contributed by atoms with Crippen LogP contribution < -0.4 is 33.8 Å². The van der Waals surface area contributed by atoms with E-state index in [4.69, 9.17) is 23.9 Å². The Hall–Kier alpha value is -4.90. The molecule has 1 atom stereocenters. The van der Waals surface area contributed by atoms with Gasteiger partial charge in [-0.2, -0.15) is 0 Å². The average Bonchev–Trinajstić information content (AvgIpc) is 3.37. The zero-order valence-electron chi connectivity index (χ0n) is 26.6. The Balaban J connectivity index is 1.61. The highest BCUT2D eigenvalue weighted by molar-refractivity contribution is 7.07. The number of benzene rings is 3. The van der Waals surface area contributed by atoms with Crippen LogP contribution in [0.15, 0.2) is 81.7 Å². The Morgan fingerprint density at radius 1 is 0.957 bits per heavy atom. The van der Waals surface area contributed by atoms with Gasteiger partial charge in [-0.3, -0.25) is 14.2 Å². The molecule has 0 fully saturated rings. The minimum Gasteiger partial charge on any atom is -0.497 e. The number of carbonyl (C=O) groups excluding carboxylic acids is 1. The number of allylic oxidation sites excluding steroid dienone is 1. The first-order valence-corrected chi connectivity index (χ1v) is 15.6. The zero-order chi connectivity index (χ0) is 33.0. The van der Waals surface area contributed by atoms with Crippen LogP contribution in [0, 0.1) is 5.82 Å². The van der Waals surface area contributed by atoms with Crippen molar-refractivity contribution in [1.29, 1.82) is 0 Å². The van der Waals surface area contributed by atoms with E-state index in [-0.39, 0.29) is 23.9 Å². The van der Waals surface area contributed by atoms with Crippen LogP contribution in [-0.4, -0.2) is 49.8 Å². The highest BCUT2D eigenvalue weighted by Crippen LogP contribution is 2.38. The van der Waals surface area contributed by atoms with Gasteiger partial charge in [0.1, 0.15) is 30.0 Å². The molecule has 240 valence electrons. The molecule has 0 radical (unpaired) electrons. The minimum absolute atomic E-state index is 0.198. The highest BCUT2D eigenvalue weighted by Gasteiger charge is 2.36. The number of thiazole rings is 1. The third kappa shape index (κ3) is 6.41. The van der Waals surface area contributed by atoms with E-state index in [1.54, 1.807) is 79.2 Å². The number of methoxy groups -OCH3 is 3. The number of hydrogen-bond donors (Lipinski definition) is 0. The molecule has 5 rings (SSSR count). The summed E-state index contributed by atoms with van der Waals surface area (Å²) < 4.78 is 38.0. The van der Waals surface area contributed by atoms with Gasteiger partial charge in [-0.25, -0.2) is 9.38 Å². The highest BCUT2D eigenvalue weighted by atomic mass is 32.1. The summed E-state index contributed by atoms with van der Waals surface area (Å²) in [6.07, 6.45) is 1.77. The topological polar surface area (TPSA) is 91.6 Å². The maximum Gasteiger partial charge on any atom is 0.271 e. The van der Waals surface area contributed by atoms with Gasteiger partial charge in [0.05, 0.1) is 37.1 Å². The normalized spacial score (nSPS) is 14.4. The van der Waals surface area contributed by atoms with Gasteiger partial charge in [0, 0.05) is 18.7 Å². The molecule has 0 saturated carbocycles. The van der Waals surface area contributed by atoms with Gasteiger partial charge in [-0.1, -0.05) is 29.5 Å². The number of rotatable bonds is 11. The lowest BCUT2D eigenvalue weighted by molar-refractivity contribution is -0.127. The largest absolute Gasteiger partial charge is 0.497 e. The zero-order valence-corrected chi connectivity index (χ0v) is 27.4. The molecule has 1 aliphatic heterocycles. The van der Waals surface area contributed by atoms with Crippen LogP contribution in [0.2, 0.25) is 0 Å². The summed E-state index contributed by atoms with van der Waals surface area (Å²) in [5.74, 6) is 1.55. The minimum atomic E-state index is -0.798. The third-order valence-corrected chi connectivity index (χ3v) is 8.81. The maximum absolute atomic E-state index is 14.2. The second-order valence-corrected chi connectivity index (χ2v) is 11.5. The second-order valence-electron chi connectivity index (χ2n) is 10.5. The molecule has 0 bridgehead atoms. The Bertz CT molecular complexity index is 1960. The molecular formula is C35H36FN3O6S. The van der Waals surface area contributed by atoms with E-state index in [1.165, 1.54) is 30.6 Å². The van der Waals surface area contributed by atoms with E-state index in [1.807, 2.05) is 19.9 Å². The summed E-state index contributed by atoms with van der Waals surface area (Å²) in [5.41, 5.74) is 2.77. The van der Waals surface area contributed by atoms with Crippen molar-refractivity contribution in [3.8, 4) is 23.0 Å². The molecule has 3 aromatic carbocycles. The van der Waals surface area contributed by atoms with Crippen molar-refractivity contribution in [1.82, 2.24) is 9.47 Å². The van der Waals surface area contributed by atoms with Crippen molar-refractivity contribution in [2.75, 3.05) is 34.4 Å². The van der Waals surface area contributed by atoms with Gasteiger partial charge in [-0.05, 0) is 80.4 Å².